The molecule has 1 aromatic carbocycles. The van der Waals surface area contributed by atoms with E-state index in [1.807, 2.05) is 0 Å². The maximum absolute atomic E-state index is 10.4. The van der Waals surface area contributed by atoms with Crippen LogP contribution in [-0.4, -0.2) is 15.3 Å². The molecule has 1 rings (SSSR count). The van der Waals surface area contributed by atoms with E-state index in [2.05, 4.69) is 0 Å². The van der Waals surface area contributed by atoms with Gasteiger partial charge in [0.15, 0.2) is 21.2 Å². The van der Waals surface area contributed by atoms with Gasteiger partial charge < -0.3 is 15.3 Å². The maximum atomic E-state index is 10.4. The van der Waals surface area contributed by atoms with E-state index < -0.39 is 21.2 Å². The van der Waals surface area contributed by atoms with Crippen molar-refractivity contribution in [1.29, 1.82) is 0 Å². The van der Waals surface area contributed by atoms with Crippen molar-refractivity contribution < 1.29 is 18.4 Å². The van der Waals surface area contributed by atoms with Crippen LogP contribution in [0.2, 0.25) is 0 Å². The molecular formula is C6H5IO4. The van der Waals surface area contributed by atoms with E-state index in [0.29, 0.717) is 0 Å². The standard InChI is InChI=1S/C6H5IO4/c8-3-1-4(9)6(7-11)5(10)2-3/h1-2,8-10H. The van der Waals surface area contributed by atoms with Crippen molar-refractivity contribution in [3.63, 3.8) is 0 Å². The predicted molar refractivity (Wildman–Crippen MR) is 44.8 cm³/mol. The van der Waals surface area contributed by atoms with E-state index in [-0.39, 0.29) is 20.8 Å². The molecule has 0 spiro atoms. The zero-order chi connectivity index (χ0) is 8.43. The summed E-state index contributed by atoms with van der Waals surface area (Å²) < 4.78 is 10.4. The number of phenolic OH excluding ortho intramolecular Hbond substituents is 3. The molecule has 3 N–H and O–H groups in total. The van der Waals surface area contributed by atoms with E-state index in [0.717, 1.165) is 12.1 Å². The van der Waals surface area contributed by atoms with Gasteiger partial charge in [0.1, 0.15) is 20.8 Å². The lowest BCUT2D eigenvalue weighted by molar-refractivity contribution is 0.423. The third-order valence-electron chi connectivity index (χ3n) is 1.10. The van der Waals surface area contributed by atoms with Crippen molar-refractivity contribution in [1.82, 2.24) is 0 Å². The molecular weight excluding hydrogens is 263 g/mol. The number of aromatic hydroxyl groups is 3. The summed E-state index contributed by atoms with van der Waals surface area (Å²) in [7, 11) is 0. The first-order chi connectivity index (χ1) is 5.15. The van der Waals surface area contributed by atoms with Gasteiger partial charge in [-0.1, -0.05) is 0 Å². The topological polar surface area (TPSA) is 77.8 Å². The maximum Gasteiger partial charge on any atom is 0.189 e. The second-order valence-corrected chi connectivity index (χ2v) is 3.39. The quantitative estimate of drug-likeness (QED) is 0.670. The van der Waals surface area contributed by atoms with Gasteiger partial charge in [0, 0.05) is 12.1 Å². The van der Waals surface area contributed by atoms with E-state index in [9.17, 15) is 3.07 Å². The van der Waals surface area contributed by atoms with E-state index in [4.69, 9.17) is 15.3 Å². The fourth-order valence-corrected chi connectivity index (χ4v) is 1.42. The Morgan fingerprint density at radius 2 is 1.55 bits per heavy atom. The number of rotatable bonds is 1. The minimum Gasteiger partial charge on any atom is -0.508 e. The molecule has 0 aromatic heterocycles. The average Bonchev–Trinajstić information content (AvgIpc) is 1.85. The molecule has 0 atom stereocenters. The van der Waals surface area contributed by atoms with Crippen LogP contribution < -0.4 is 0 Å². The van der Waals surface area contributed by atoms with Gasteiger partial charge >= 0.3 is 0 Å². The molecule has 0 saturated heterocycles. The molecule has 0 unspecified atom stereocenters. The summed E-state index contributed by atoms with van der Waals surface area (Å²) >= 11 is -1.61. The minimum atomic E-state index is -1.61. The molecule has 11 heavy (non-hydrogen) atoms. The van der Waals surface area contributed by atoms with Crippen molar-refractivity contribution in [3.8, 4) is 17.2 Å². The van der Waals surface area contributed by atoms with Crippen LogP contribution >= 0.6 is 21.2 Å². The molecule has 0 aliphatic heterocycles. The molecule has 4 nitrogen and oxygen atoms in total. The van der Waals surface area contributed by atoms with E-state index >= 15 is 0 Å². The number of phenols is 3. The van der Waals surface area contributed by atoms with E-state index in [1.165, 1.54) is 0 Å². The van der Waals surface area contributed by atoms with Crippen LogP contribution in [0.15, 0.2) is 12.1 Å². The van der Waals surface area contributed by atoms with Crippen molar-refractivity contribution in [2.45, 2.75) is 0 Å². The Balaban J connectivity index is 3.36. The summed E-state index contributed by atoms with van der Waals surface area (Å²) in [6, 6.07) is 2.07. The lowest BCUT2D eigenvalue weighted by Crippen LogP contribution is -1.75. The van der Waals surface area contributed by atoms with Crippen LogP contribution in [0, 0.1) is 3.57 Å². The molecule has 0 aliphatic carbocycles. The second kappa shape index (κ2) is 3.04. The van der Waals surface area contributed by atoms with Crippen LogP contribution in [0.5, 0.6) is 17.2 Å². The van der Waals surface area contributed by atoms with Crippen LogP contribution in [0.1, 0.15) is 0 Å². The Bertz CT molecular complexity index is 274. The first-order valence-electron chi connectivity index (χ1n) is 2.67. The summed E-state index contributed by atoms with van der Waals surface area (Å²) in [5, 5.41) is 26.8. The SMILES string of the molecule is O=Ic1c(O)cc(O)cc1O. The molecule has 0 aliphatic rings. The molecule has 0 saturated carbocycles. The fourth-order valence-electron chi connectivity index (χ4n) is 0.659. The normalized spacial score (nSPS) is 9.82. The zero-order valence-electron chi connectivity index (χ0n) is 5.28. The van der Waals surface area contributed by atoms with E-state index in [1.54, 1.807) is 0 Å². The summed E-state index contributed by atoms with van der Waals surface area (Å²) in [6.07, 6.45) is 0. The van der Waals surface area contributed by atoms with Gasteiger partial charge in [0.25, 0.3) is 0 Å². The Morgan fingerprint density at radius 3 is 1.91 bits per heavy atom. The van der Waals surface area contributed by atoms with Crippen LogP contribution in [0.4, 0.5) is 0 Å². The van der Waals surface area contributed by atoms with Gasteiger partial charge in [-0.15, -0.1) is 0 Å². The molecule has 60 valence electrons. The molecule has 5 heteroatoms. The van der Waals surface area contributed by atoms with Gasteiger partial charge in [-0.25, -0.2) is 0 Å². The first-order valence-corrected chi connectivity index (χ1v) is 4.63. The van der Waals surface area contributed by atoms with Crippen molar-refractivity contribution in [2.75, 3.05) is 0 Å². The predicted octanol–water partition coefficient (Wildman–Crippen LogP) is 1.29. The van der Waals surface area contributed by atoms with Crippen molar-refractivity contribution in [3.05, 3.63) is 15.7 Å². The third-order valence-corrected chi connectivity index (χ3v) is 2.64. The van der Waals surface area contributed by atoms with Gasteiger partial charge in [0.05, 0.1) is 0 Å². The lowest BCUT2D eigenvalue weighted by Gasteiger charge is -1.99. The molecule has 1 aromatic rings. The molecule has 0 radical (unpaired) electrons. The van der Waals surface area contributed by atoms with Crippen molar-refractivity contribution >= 4 is 21.2 Å². The van der Waals surface area contributed by atoms with Gasteiger partial charge in [-0.2, -0.15) is 0 Å². The van der Waals surface area contributed by atoms with Gasteiger partial charge in [-0.05, 0) is 0 Å². The average molecular weight is 268 g/mol. The summed E-state index contributed by atoms with van der Waals surface area (Å²) in [5.41, 5.74) is 0. The largest absolute Gasteiger partial charge is 0.508 e. The highest BCUT2D eigenvalue weighted by Crippen LogP contribution is 2.34. The van der Waals surface area contributed by atoms with Crippen molar-refractivity contribution in [2.24, 2.45) is 0 Å². The Kier molecular flexibility index (Phi) is 2.28. The molecule has 0 fully saturated rings. The third kappa shape index (κ3) is 1.59. The van der Waals surface area contributed by atoms with Gasteiger partial charge in [0.2, 0.25) is 0 Å². The fraction of sp³-hybridized carbons (Fsp3) is 0. The lowest BCUT2D eigenvalue weighted by atomic mass is 10.3. The first kappa shape index (κ1) is 8.25. The highest BCUT2D eigenvalue weighted by Gasteiger charge is 2.08. The smallest absolute Gasteiger partial charge is 0.189 e. The molecule has 0 bridgehead atoms. The zero-order valence-corrected chi connectivity index (χ0v) is 7.44. The highest BCUT2D eigenvalue weighted by atomic mass is 127. The Hall–Kier alpha value is -0.850. The summed E-state index contributed by atoms with van der Waals surface area (Å²) in [6.45, 7) is 0. The monoisotopic (exact) mass is 268 g/mol. The number of benzene rings is 1. The Morgan fingerprint density at radius 1 is 1.09 bits per heavy atom. The van der Waals surface area contributed by atoms with Crippen LogP contribution in [0.3, 0.4) is 0 Å². The second-order valence-electron chi connectivity index (χ2n) is 1.88. The summed E-state index contributed by atoms with van der Waals surface area (Å²) in [5.74, 6) is -0.906. The number of hydrogen-bond acceptors (Lipinski definition) is 4. The molecule has 0 amide bonds. The number of halogens is 1. The van der Waals surface area contributed by atoms with Crippen LogP contribution in [-0.2, 0) is 3.07 Å². The molecule has 0 heterocycles. The summed E-state index contributed by atoms with van der Waals surface area (Å²) in [4.78, 5) is 0. The Labute approximate surface area is 72.8 Å². The number of hydrogen-bond donors (Lipinski definition) is 3. The van der Waals surface area contributed by atoms with Gasteiger partial charge in [-0.3, -0.25) is 3.07 Å². The van der Waals surface area contributed by atoms with Crippen LogP contribution in [0.25, 0.3) is 0 Å². The minimum absolute atomic E-state index is 0.0154. The highest BCUT2D eigenvalue weighted by molar-refractivity contribution is 14.1.